The number of carbonyl (C=O) groups is 2. The zero-order chi connectivity index (χ0) is 16.4. The van der Waals surface area contributed by atoms with E-state index in [1.165, 1.54) is 6.07 Å². The van der Waals surface area contributed by atoms with E-state index in [4.69, 9.17) is 14.3 Å². The summed E-state index contributed by atoms with van der Waals surface area (Å²) in [6.45, 7) is 0.602. The Bertz CT molecular complexity index is 736. The lowest BCUT2D eigenvalue weighted by molar-refractivity contribution is 0.0689. The van der Waals surface area contributed by atoms with Crippen molar-refractivity contribution < 1.29 is 23.8 Å². The second-order valence-electron chi connectivity index (χ2n) is 5.40. The van der Waals surface area contributed by atoms with Gasteiger partial charge in [-0.1, -0.05) is 18.2 Å². The van der Waals surface area contributed by atoms with Crippen molar-refractivity contribution in [3.05, 3.63) is 53.5 Å². The number of hydrogen-bond acceptors (Lipinski definition) is 4. The van der Waals surface area contributed by atoms with Crippen molar-refractivity contribution in [2.75, 3.05) is 13.7 Å². The number of likely N-dealkylation sites (tertiary alicyclic amines) is 1. The molecule has 0 radical (unpaired) electrons. The number of para-hydroxylation sites is 1. The van der Waals surface area contributed by atoms with Crippen LogP contribution in [0.4, 0.5) is 0 Å². The number of carbonyl (C=O) groups excluding carboxylic acids is 1. The topological polar surface area (TPSA) is 80.0 Å². The third-order valence-electron chi connectivity index (χ3n) is 4.07. The number of ether oxygens (including phenoxy) is 1. The molecule has 6 heteroatoms. The van der Waals surface area contributed by atoms with Gasteiger partial charge in [0.15, 0.2) is 5.76 Å². The molecule has 1 saturated heterocycles. The lowest BCUT2D eigenvalue weighted by Gasteiger charge is -2.25. The second-order valence-corrected chi connectivity index (χ2v) is 5.40. The molecule has 1 aromatic heterocycles. The Morgan fingerprint density at radius 2 is 2.13 bits per heavy atom. The molecule has 23 heavy (non-hydrogen) atoms. The molecule has 2 aromatic rings. The van der Waals surface area contributed by atoms with Crippen LogP contribution in [0.1, 0.15) is 45.4 Å². The third-order valence-corrected chi connectivity index (χ3v) is 4.07. The molecule has 1 atom stereocenters. The molecule has 6 nitrogen and oxygen atoms in total. The highest BCUT2D eigenvalue weighted by Crippen LogP contribution is 2.37. The fourth-order valence-electron chi connectivity index (χ4n) is 2.98. The van der Waals surface area contributed by atoms with Crippen LogP contribution in [0.15, 0.2) is 41.0 Å². The van der Waals surface area contributed by atoms with Crippen molar-refractivity contribution in [2.24, 2.45) is 0 Å². The van der Waals surface area contributed by atoms with E-state index in [0.717, 1.165) is 30.4 Å². The van der Waals surface area contributed by atoms with Gasteiger partial charge in [0.1, 0.15) is 12.0 Å². The summed E-state index contributed by atoms with van der Waals surface area (Å²) >= 11 is 0. The van der Waals surface area contributed by atoms with Gasteiger partial charge in [-0.25, -0.2) is 4.79 Å². The van der Waals surface area contributed by atoms with Crippen LogP contribution in [0.5, 0.6) is 5.75 Å². The number of methoxy groups -OCH3 is 1. The third kappa shape index (κ3) is 2.79. The standard InChI is InChI=1S/C17H17NO5/c1-22-14-7-3-2-5-12(14)13-6-4-8-18(13)16(19)15-9-11(10-23-15)17(20)21/h2-3,5,7,9-10,13H,4,6,8H2,1H3,(H,20,21). The fraction of sp³-hybridized carbons (Fsp3) is 0.294. The zero-order valence-corrected chi connectivity index (χ0v) is 12.7. The summed E-state index contributed by atoms with van der Waals surface area (Å²) in [5.74, 6) is -0.631. The number of hydrogen-bond donors (Lipinski definition) is 1. The van der Waals surface area contributed by atoms with E-state index in [1.807, 2.05) is 24.3 Å². The van der Waals surface area contributed by atoms with E-state index in [1.54, 1.807) is 12.0 Å². The summed E-state index contributed by atoms with van der Waals surface area (Å²) in [5.41, 5.74) is 0.923. The molecule has 1 N–H and O–H groups in total. The van der Waals surface area contributed by atoms with Gasteiger partial charge in [-0.2, -0.15) is 0 Å². The molecule has 120 valence electrons. The molecule has 1 amide bonds. The Hall–Kier alpha value is -2.76. The monoisotopic (exact) mass is 315 g/mol. The van der Waals surface area contributed by atoms with Gasteiger partial charge >= 0.3 is 5.97 Å². The molecule has 1 unspecified atom stereocenters. The Morgan fingerprint density at radius 1 is 1.35 bits per heavy atom. The largest absolute Gasteiger partial charge is 0.496 e. The van der Waals surface area contributed by atoms with Gasteiger partial charge in [0.2, 0.25) is 0 Å². The fourth-order valence-corrected chi connectivity index (χ4v) is 2.98. The number of rotatable bonds is 4. The SMILES string of the molecule is COc1ccccc1C1CCCN1C(=O)c1cc(C(=O)O)co1. The van der Waals surface area contributed by atoms with Crippen LogP contribution in [-0.4, -0.2) is 35.5 Å². The first-order valence-electron chi connectivity index (χ1n) is 7.37. The predicted molar refractivity (Wildman–Crippen MR) is 81.7 cm³/mol. The van der Waals surface area contributed by atoms with Crippen LogP contribution in [0.3, 0.4) is 0 Å². The summed E-state index contributed by atoms with van der Waals surface area (Å²) in [6.07, 6.45) is 2.79. The van der Waals surface area contributed by atoms with E-state index in [9.17, 15) is 9.59 Å². The van der Waals surface area contributed by atoms with Crippen molar-refractivity contribution in [2.45, 2.75) is 18.9 Å². The number of benzene rings is 1. The summed E-state index contributed by atoms with van der Waals surface area (Å²) < 4.78 is 10.5. The molecule has 1 aromatic carbocycles. The minimum atomic E-state index is -1.12. The number of amides is 1. The minimum absolute atomic E-state index is 0.0265. The first-order valence-corrected chi connectivity index (χ1v) is 7.37. The van der Waals surface area contributed by atoms with Gasteiger partial charge in [-0.05, 0) is 18.9 Å². The van der Waals surface area contributed by atoms with Gasteiger partial charge in [0.25, 0.3) is 5.91 Å². The molecule has 1 fully saturated rings. The summed E-state index contributed by atoms with van der Waals surface area (Å²) in [7, 11) is 1.60. The van der Waals surface area contributed by atoms with E-state index in [2.05, 4.69) is 0 Å². The lowest BCUT2D eigenvalue weighted by Crippen LogP contribution is -2.30. The lowest BCUT2D eigenvalue weighted by atomic mass is 10.0. The van der Waals surface area contributed by atoms with Gasteiger partial charge < -0.3 is 19.2 Å². The molecule has 1 aliphatic rings. The molecule has 0 aliphatic carbocycles. The van der Waals surface area contributed by atoms with Crippen LogP contribution >= 0.6 is 0 Å². The van der Waals surface area contributed by atoms with Gasteiger partial charge in [0, 0.05) is 18.2 Å². The van der Waals surface area contributed by atoms with Crippen LogP contribution in [-0.2, 0) is 0 Å². The normalized spacial score (nSPS) is 17.3. The Labute approximate surface area is 133 Å². The Balaban J connectivity index is 1.88. The molecule has 3 rings (SSSR count). The van der Waals surface area contributed by atoms with Crippen LogP contribution < -0.4 is 4.74 Å². The van der Waals surface area contributed by atoms with Crippen LogP contribution in [0.2, 0.25) is 0 Å². The number of nitrogens with zero attached hydrogens (tertiary/aromatic N) is 1. The summed E-state index contributed by atoms with van der Waals surface area (Å²) in [4.78, 5) is 25.3. The molecular formula is C17H17NO5. The Kier molecular flexibility index (Phi) is 4.06. The maximum absolute atomic E-state index is 12.7. The first kappa shape index (κ1) is 15.1. The number of carboxylic acid groups (broad SMARTS) is 1. The smallest absolute Gasteiger partial charge is 0.338 e. The van der Waals surface area contributed by atoms with Gasteiger partial charge in [0.05, 0.1) is 18.7 Å². The molecule has 0 spiro atoms. The first-order chi connectivity index (χ1) is 11.1. The van der Waals surface area contributed by atoms with Crippen molar-refractivity contribution >= 4 is 11.9 Å². The van der Waals surface area contributed by atoms with Crippen LogP contribution in [0, 0.1) is 0 Å². The predicted octanol–water partition coefficient (Wildman–Crippen LogP) is 2.96. The molecule has 0 saturated carbocycles. The average molecular weight is 315 g/mol. The van der Waals surface area contributed by atoms with E-state index < -0.39 is 5.97 Å². The van der Waals surface area contributed by atoms with E-state index >= 15 is 0 Å². The average Bonchev–Trinajstić information content (AvgIpc) is 3.23. The quantitative estimate of drug-likeness (QED) is 0.938. The van der Waals surface area contributed by atoms with Gasteiger partial charge in [-0.15, -0.1) is 0 Å². The molecule has 2 heterocycles. The number of carboxylic acids is 1. The summed E-state index contributed by atoms with van der Waals surface area (Å²) in [6, 6.07) is 8.77. The highest BCUT2D eigenvalue weighted by Gasteiger charge is 2.33. The molecule has 0 bridgehead atoms. The van der Waals surface area contributed by atoms with Crippen molar-refractivity contribution in [1.82, 2.24) is 4.90 Å². The zero-order valence-electron chi connectivity index (χ0n) is 12.7. The minimum Gasteiger partial charge on any atom is -0.496 e. The highest BCUT2D eigenvalue weighted by atomic mass is 16.5. The van der Waals surface area contributed by atoms with Crippen molar-refractivity contribution in [1.29, 1.82) is 0 Å². The number of furan rings is 1. The molecular weight excluding hydrogens is 298 g/mol. The van der Waals surface area contributed by atoms with Gasteiger partial charge in [-0.3, -0.25) is 4.79 Å². The van der Waals surface area contributed by atoms with Crippen molar-refractivity contribution in [3.8, 4) is 5.75 Å². The van der Waals surface area contributed by atoms with E-state index in [-0.39, 0.29) is 23.3 Å². The number of aromatic carboxylic acids is 1. The summed E-state index contributed by atoms with van der Waals surface area (Å²) in [5, 5.41) is 8.94. The highest BCUT2D eigenvalue weighted by molar-refractivity contribution is 5.95. The molecule has 1 aliphatic heterocycles. The van der Waals surface area contributed by atoms with Crippen molar-refractivity contribution in [3.63, 3.8) is 0 Å². The Morgan fingerprint density at radius 3 is 2.83 bits per heavy atom. The maximum atomic E-state index is 12.7. The maximum Gasteiger partial charge on any atom is 0.338 e. The second kappa shape index (κ2) is 6.16. The van der Waals surface area contributed by atoms with Crippen LogP contribution in [0.25, 0.3) is 0 Å². The van der Waals surface area contributed by atoms with E-state index in [0.29, 0.717) is 6.54 Å².